The van der Waals surface area contributed by atoms with Gasteiger partial charge in [0, 0.05) is 10.4 Å². The molecule has 0 bridgehead atoms. The third kappa shape index (κ3) is 4.47. The number of hydrogen-bond donors (Lipinski definition) is 0. The van der Waals surface area contributed by atoms with Crippen molar-refractivity contribution in [2.24, 2.45) is 5.92 Å². The van der Waals surface area contributed by atoms with Crippen LogP contribution in [-0.4, -0.2) is 5.88 Å². The van der Waals surface area contributed by atoms with Gasteiger partial charge in [-0.3, -0.25) is 0 Å². The smallest absolute Gasteiger partial charge is 0.142 e. The van der Waals surface area contributed by atoms with E-state index in [0.29, 0.717) is 5.88 Å². The van der Waals surface area contributed by atoms with Gasteiger partial charge < -0.3 is 0 Å². The van der Waals surface area contributed by atoms with E-state index >= 15 is 0 Å². The number of halogens is 4. The molecule has 2 aromatic rings. The van der Waals surface area contributed by atoms with Gasteiger partial charge in [0.25, 0.3) is 0 Å². The van der Waals surface area contributed by atoms with Gasteiger partial charge in [0.2, 0.25) is 0 Å². The zero-order chi connectivity index (χ0) is 14.5. The van der Waals surface area contributed by atoms with E-state index in [1.54, 1.807) is 6.07 Å². The molecule has 0 heterocycles. The fraction of sp³-hybridized carbons (Fsp3) is 0.250. The van der Waals surface area contributed by atoms with E-state index in [-0.39, 0.29) is 16.8 Å². The van der Waals surface area contributed by atoms with E-state index in [9.17, 15) is 4.39 Å². The topological polar surface area (TPSA) is 0 Å². The molecule has 0 aromatic heterocycles. The standard InChI is InChI=1S/C16H14BrCl2F/c17-14-4-1-11(2-5-14)7-13(10-18)8-12-3-6-15(19)16(20)9-12/h1-6,9,13H,7-8,10H2. The van der Waals surface area contributed by atoms with E-state index in [1.807, 2.05) is 18.2 Å². The maximum Gasteiger partial charge on any atom is 0.142 e. The lowest BCUT2D eigenvalue weighted by molar-refractivity contribution is 0.576. The molecule has 1 atom stereocenters. The average molecular weight is 376 g/mol. The molecule has 0 N–H and O–H groups in total. The van der Waals surface area contributed by atoms with Crippen molar-refractivity contribution in [3.05, 3.63) is 68.9 Å². The van der Waals surface area contributed by atoms with Crippen LogP contribution in [0.2, 0.25) is 5.02 Å². The lowest BCUT2D eigenvalue weighted by Crippen LogP contribution is -2.10. The first-order chi connectivity index (χ1) is 9.58. The van der Waals surface area contributed by atoms with E-state index in [0.717, 1.165) is 22.9 Å². The van der Waals surface area contributed by atoms with E-state index in [4.69, 9.17) is 23.2 Å². The Balaban J connectivity index is 2.04. The number of benzene rings is 2. The Morgan fingerprint density at radius 2 is 1.60 bits per heavy atom. The van der Waals surface area contributed by atoms with Gasteiger partial charge in [-0.15, -0.1) is 11.6 Å². The maximum atomic E-state index is 13.4. The van der Waals surface area contributed by atoms with Gasteiger partial charge in [-0.05, 0) is 54.2 Å². The Morgan fingerprint density at radius 1 is 1.00 bits per heavy atom. The second kappa shape index (κ2) is 7.44. The molecule has 4 heteroatoms. The quantitative estimate of drug-likeness (QED) is 0.572. The highest BCUT2D eigenvalue weighted by Gasteiger charge is 2.11. The van der Waals surface area contributed by atoms with Crippen LogP contribution in [0.1, 0.15) is 11.1 Å². The molecular formula is C16H14BrCl2F. The van der Waals surface area contributed by atoms with Crippen molar-refractivity contribution in [3.63, 3.8) is 0 Å². The van der Waals surface area contributed by atoms with Crippen molar-refractivity contribution < 1.29 is 4.39 Å². The molecule has 20 heavy (non-hydrogen) atoms. The highest BCUT2D eigenvalue weighted by molar-refractivity contribution is 9.10. The third-order valence-electron chi connectivity index (χ3n) is 3.16. The molecule has 0 saturated heterocycles. The van der Waals surface area contributed by atoms with Crippen molar-refractivity contribution in [3.8, 4) is 0 Å². The van der Waals surface area contributed by atoms with Gasteiger partial charge in [0.1, 0.15) is 5.82 Å². The summed E-state index contributed by atoms with van der Waals surface area (Å²) in [7, 11) is 0. The fourth-order valence-corrected chi connectivity index (χ4v) is 2.74. The summed E-state index contributed by atoms with van der Waals surface area (Å²) in [5, 5.41) is 0.157. The average Bonchev–Trinajstić information content (AvgIpc) is 2.44. The van der Waals surface area contributed by atoms with E-state index in [2.05, 4.69) is 28.1 Å². The van der Waals surface area contributed by atoms with Gasteiger partial charge in [0.05, 0.1) is 5.02 Å². The van der Waals surface area contributed by atoms with Crippen LogP contribution in [0.5, 0.6) is 0 Å². The first kappa shape index (κ1) is 15.8. The first-order valence-corrected chi connectivity index (χ1v) is 8.03. The van der Waals surface area contributed by atoms with Gasteiger partial charge in [-0.1, -0.05) is 45.7 Å². The molecule has 1 unspecified atom stereocenters. The van der Waals surface area contributed by atoms with Crippen LogP contribution in [0, 0.1) is 11.7 Å². The summed E-state index contributed by atoms with van der Waals surface area (Å²) in [4.78, 5) is 0. The minimum absolute atomic E-state index is 0.157. The molecule has 2 rings (SSSR count). The lowest BCUT2D eigenvalue weighted by atomic mass is 9.94. The summed E-state index contributed by atoms with van der Waals surface area (Å²) in [6, 6.07) is 13.1. The fourth-order valence-electron chi connectivity index (χ4n) is 2.14. The molecule has 0 aliphatic carbocycles. The number of rotatable bonds is 5. The third-order valence-corrected chi connectivity index (χ3v) is 4.44. The molecule has 0 spiro atoms. The van der Waals surface area contributed by atoms with Crippen molar-refractivity contribution in [1.82, 2.24) is 0 Å². The first-order valence-electron chi connectivity index (χ1n) is 6.33. The Kier molecular flexibility index (Phi) is 5.88. The van der Waals surface area contributed by atoms with Crippen LogP contribution in [0.3, 0.4) is 0 Å². The van der Waals surface area contributed by atoms with Crippen LogP contribution < -0.4 is 0 Å². The molecule has 0 fully saturated rings. The molecule has 0 radical (unpaired) electrons. The van der Waals surface area contributed by atoms with Gasteiger partial charge in [-0.25, -0.2) is 4.39 Å². The molecule has 0 aliphatic rings. The highest BCUT2D eigenvalue weighted by Crippen LogP contribution is 2.21. The predicted molar refractivity (Wildman–Crippen MR) is 87.2 cm³/mol. The van der Waals surface area contributed by atoms with Crippen molar-refractivity contribution in [2.45, 2.75) is 12.8 Å². The molecule has 0 nitrogen and oxygen atoms in total. The van der Waals surface area contributed by atoms with Gasteiger partial charge in [0.15, 0.2) is 0 Å². The molecule has 0 amide bonds. The minimum atomic E-state index is -0.374. The zero-order valence-corrected chi connectivity index (χ0v) is 13.8. The van der Waals surface area contributed by atoms with Gasteiger partial charge >= 0.3 is 0 Å². The Labute approximate surface area is 137 Å². The normalized spacial score (nSPS) is 12.4. The molecule has 0 saturated carbocycles. The predicted octanol–water partition coefficient (Wildman–Crippen LogP) is 5.88. The molecule has 106 valence electrons. The number of hydrogen-bond acceptors (Lipinski definition) is 0. The van der Waals surface area contributed by atoms with Crippen LogP contribution in [0.15, 0.2) is 46.9 Å². The Bertz CT molecular complexity index is 569. The van der Waals surface area contributed by atoms with Crippen molar-refractivity contribution >= 4 is 39.1 Å². The van der Waals surface area contributed by atoms with Gasteiger partial charge in [-0.2, -0.15) is 0 Å². The summed E-state index contributed by atoms with van der Waals surface area (Å²) in [6.45, 7) is 0. The molecule has 2 aromatic carbocycles. The highest BCUT2D eigenvalue weighted by atomic mass is 79.9. The monoisotopic (exact) mass is 374 g/mol. The van der Waals surface area contributed by atoms with Crippen molar-refractivity contribution in [1.29, 1.82) is 0 Å². The van der Waals surface area contributed by atoms with Crippen LogP contribution >= 0.6 is 39.1 Å². The van der Waals surface area contributed by atoms with E-state index < -0.39 is 0 Å². The summed E-state index contributed by atoms with van der Waals surface area (Å²) >= 11 is 15.1. The second-order valence-electron chi connectivity index (χ2n) is 4.80. The summed E-state index contributed by atoms with van der Waals surface area (Å²) < 4.78 is 14.5. The maximum absolute atomic E-state index is 13.4. The number of alkyl halides is 1. The van der Waals surface area contributed by atoms with E-state index in [1.165, 1.54) is 11.6 Å². The van der Waals surface area contributed by atoms with Crippen LogP contribution in [0.25, 0.3) is 0 Å². The largest absolute Gasteiger partial charge is 0.205 e. The minimum Gasteiger partial charge on any atom is -0.205 e. The Hall–Kier alpha value is -0.570. The lowest BCUT2D eigenvalue weighted by Gasteiger charge is -2.14. The SMILES string of the molecule is Fc1cc(CC(CCl)Cc2ccc(Br)cc2)ccc1Cl. The summed E-state index contributed by atoms with van der Waals surface area (Å²) in [5.74, 6) is 0.444. The second-order valence-corrected chi connectivity index (χ2v) is 6.43. The molecule has 0 aliphatic heterocycles. The summed E-state index contributed by atoms with van der Waals surface area (Å²) in [5.41, 5.74) is 2.16. The molecular weight excluding hydrogens is 362 g/mol. The van der Waals surface area contributed by atoms with Crippen LogP contribution in [-0.2, 0) is 12.8 Å². The summed E-state index contributed by atoms with van der Waals surface area (Å²) in [6.07, 6.45) is 1.62. The zero-order valence-electron chi connectivity index (χ0n) is 10.8. The Morgan fingerprint density at radius 3 is 2.20 bits per heavy atom. The van der Waals surface area contributed by atoms with Crippen molar-refractivity contribution in [2.75, 3.05) is 5.88 Å². The van der Waals surface area contributed by atoms with Crippen LogP contribution in [0.4, 0.5) is 4.39 Å².